The summed E-state index contributed by atoms with van der Waals surface area (Å²) in [5.74, 6) is 1.80. The molecule has 0 amide bonds. The summed E-state index contributed by atoms with van der Waals surface area (Å²) in [5, 5.41) is 0. The second kappa shape index (κ2) is 7.77. The highest BCUT2D eigenvalue weighted by atomic mass is 35.5. The molecule has 6 heteroatoms. The van der Waals surface area contributed by atoms with Crippen molar-refractivity contribution in [2.75, 3.05) is 12.8 Å². The number of methoxy groups -OCH3 is 1. The maximum Gasteiger partial charge on any atom is 0.254 e. The zero-order valence-electron chi connectivity index (χ0n) is 13.9. The molecule has 3 aromatic rings. The van der Waals surface area contributed by atoms with E-state index in [-0.39, 0.29) is 18.0 Å². The molecular formula is C19H19ClN2O3. The van der Waals surface area contributed by atoms with Crippen LogP contribution in [-0.4, -0.2) is 11.7 Å². The maximum absolute atomic E-state index is 11.8. The number of pyridine rings is 1. The zero-order chi connectivity index (χ0) is 17.1. The van der Waals surface area contributed by atoms with Gasteiger partial charge in [-0.1, -0.05) is 24.3 Å². The monoisotopic (exact) mass is 358 g/mol. The smallest absolute Gasteiger partial charge is 0.254 e. The van der Waals surface area contributed by atoms with Crippen molar-refractivity contribution in [1.29, 1.82) is 0 Å². The average molecular weight is 359 g/mol. The molecule has 0 spiro atoms. The first-order chi connectivity index (χ1) is 11.6. The Morgan fingerprint density at radius 2 is 1.72 bits per heavy atom. The van der Waals surface area contributed by atoms with Crippen LogP contribution in [0.5, 0.6) is 17.2 Å². The number of nitrogens with two attached hydrogens (primary N) is 1. The lowest BCUT2D eigenvalue weighted by molar-refractivity contribution is 0.414. The molecule has 1 heterocycles. The van der Waals surface area contributed by atoms with Crippen LogP contribution < -0.4 is 20.8 Å². The number of para-hydroxylation sites is 1. The fraction of sp³-hybridized carbons (Fsp3) is 0.105. The molecule has 0 saturated carbocycles. The molecule has 0 unspecified atom stereocenters. The van der Waals surface area contributed by atoms with E-state index in [9.17, 15) is 4.79 Å². The van der Waals surface area contributed by atoms with Crippen LogP contribution in [0.2, 0.25) is 0 Å². The predicted octanol–water partition coefficient (Wildman–Crippen LogP) is 3.86. The van der Waals surface area contributed by atoms with E-state index >= 15 is 0 Å². The van der Waals surface area contributed by atoms with Crippen LogP contribution in [0.25, 0.3) is 11.1 Å². The Labute approximate surface area is 152 Å². The molecule has 5 nitrogen and oxygen atoms in total. The van der Waals surface area contributed by atoms with Crippen molar-refractivity contribution < 1.29 is 9.47 Å². The molecule has 0 saturated heterocycles. The van der Waals surface area contributed by atoms with Crippen molar-refractivity contribution in [3.63, 3.8) is 0 Å². The standard InChI is InChI=1S/C19H18N2O3.ClH/c1-21-12-16(18(23-2)11-19(21)22)15-8-3-4-9-17(15)24-14-7-5-6-13(20)10-14;/h3-12H,20H2,1-2H3;1H. The average Bonchev–Trinajstić information content (AvgIpc) is 2.57. The van der Waals surface area contributed by atoms with Gasteiger partial charge in [0, 0.05) is 42.2 Å². The molecule has 25 heavy (non-hydrogen) atoms. The summed E-state index contributed by atoms with van der Waals surface area (Å²) in [7, 11) is 3.24. The molecule has 0 radical (unpaired) electrons. The number of ether oxygens (including phenoxy) is 2. The lowest BCUT2D eigenvalue weighted by atomic mass is 10.1. The van der Waals surface area contributed by atoms with Crippen LogP contribution in [0.15, 0.2) is 65.6 Å². The van der Waals surface area contributed by atoms with Crippen molar-refractivity contribution in [2.45, 2.75) is 0 Å². The molecule has 0 bridgehead atoms. The molecule has 2 aromatic carbocycles. The zero-order valence-corrected chi connectivity index (χ0v) is 14.7. The quantitative estimate of drug-likeness (QED) is 0.719. The summed E-state index contributed by atoms with van der Waals surface area (Å²) in [5.41, 5.74) is 7.90. The minimum absolute atomic E-state index is 0. The Morgan fingerprint density at radius 3 is 2.44 bits per heavy atom. The summed E-state index contributed by atoms with van der Waals surface area (Å²) in [4.78, 5) is 11.8. The molecule has 3 rings (SSSR count). The fourth-order valence-electron chi connectivity index (χ4n) is 2.47. The number of benzene rings is 2. The van der Waals surface area contributed by atoms with E-state index in [0.717, 1.165) is 11.1 Å². The van der Waals surface area contributed by atoms with Crippen LogP contribution in [0.4, 0.5) is 5.69 Å². The van der Waals surface area contributed by atoms with Crippen molar-refractivity contribution in [3.8, 4) is 28.4 Å². The predicted molar refractivity (Wildman–Crippen MR) is 102 cm³/mol. The molecular weight excluding hydrogens is 340 g/mol. The number of nitrogen functional groups attached to an aromatic ring is 1. The summed E-state index contributed by atoms with van der Waals surface area (Å²) < 4.78 is 12.9. The van der Waals surface area contributed by atoms with E-state index in [1.165, 1.54) is 10.6 Å². The van der Waals surface area contributed by atoms with Gasteiger partial charge >= 0.3 is 0 Å². The number of hydrogen-bond acceptors (Lipinski definition) is 4. The van der Waals surface area contributed by atoms with Gasteiger partial charge in [0.25, 0.3) is 5.56 Å². The highest BCUT2D eigenvalue weighted by Gasteiger charge is 2.13. The molecule has 0 fully saturated rings. The third-order valence-electron chi connectivity index (χ3n) is 3.67. The topological polar surface area (TPSA) is 66.5 Å². The van der Waals surface area contributed by atoms with E-state index < -0.39 is 0 Å². The molecule has 0 aliphatic heterocycles. The number of aryl methyl sites for hydroxylation is 1. The number of aromatic nitrogens is 1. The van der Waals surface area contributed by atoms with Gasteiger partial charge in [0.15, 0.2) is 0 Å². The van der Waals surface area contributed by atoms with E-state index in [1.807, 2.05) is 36.4 Å². The maximum atomic E-state index is 11.8. The van der Waals surface area contributed by atoms with E-state index in [4.69, 9.17) is 15.2 Å². The van der Waals surface area contributed by atoms with Gasteiger partial charge < -0.3 is 19.8 Å². The molecule has 1 aromatic heterocycles. The first-order valence-electron chi connectivity index (χ1n) is 7.46. The largest absolute Gasteiger partial charge is 0.496 e. The van der Waals surface area contributed by atoms with Gasteiger partial charge in [-0.15, -0.1) is 12.4 Å². The Kier molecular flexibility index (Phi) is 5.72. The Bertz CT molecular complexity index is 938. The first kappa shape index (κ1) is 18.4. The number of rotatable bonds is 4. The van der Waals surface area contributed by atoms with Crippen LogP contribution in [0.3, 0.4) is 0 Å². The SMILES string of the molecule is COc1cc(=O)n(C)cc1-c1ccccc1Oc1cccc(N)c1.Cl. The summed E-state index contributed by atoms with van der Waals surface area (Å²) >= 11 is 0. The Morgan fingerprint density at radius 1 is 0.960 bits per heavy atom. The van der Waals surface area contributed by atoms with Gasteiger partial charge in [0.1, 0.15) is 17.2 Å². The van der Waals surface area contributed by atoms with Gasteiger partial charge in [0.05, 0.1) is 7.11 Å². The Hall–Kier alpha value is -2.92. The highest BCUT2D eigenvalue weighted by Crippen LogP contribution is 2.37. The van der Waals surface area contributed by atoms with E-state index in [0.29, 0.717) is 22.9 Å². The highest BCUT2D eigenvalue weighted by molar-refractivity contribution is 5.85. The van der Waals surface area contributed by atoms with Gasteiger partial charge in [0.2, 0.25) is 0 Å². The molecule has 0 aliphatic rings. The lowest BCUT2D eigenvalue weighted by Crippen LogP contribution is -2.15. The van der Waals surface area contributed by atoms with Crippen molar-refractivity contribution >= 4 is 18.1 Å². The minimum atomic E-state index is -0.134. The third-order valence-corrected chi connectivity index (χ3v) is 3.67. The van der Waals surface area contributed by atoms with Gasteiger partial charge in [-0.05, 0) is 18.2 Å². The number of nitrogens with zero attached hydrogens (tertiary/aromatic N) is 1. The third kappa shape index (κ3) is 3.95. The number of halogens is 1. The fourth-order valence-corrected chi connectivity index (χ4v) is 2.47. The van der Waals surface area contributed by atoms with E-state index in [2.05, 4.69) is 0 Å². The van der Waals surface area contributed by atoms with Crippen molar-refractivity contribution in [2.24, 2.45) is 7.05 Å². The van der Waals surface area contributed by atoms with Crippen molar-refractivity contribution in [1.82, 2.24) is 4.57 Å². The van der Waals surface area contributed by atoms with Gasteiger partial charge in [-0.3, -0.25) is 4.79 Å². The van der Waals surface area contributed by atoms with Crippen LogP contribution in [0, 0.1) is 0 Å². The summed E-state index contributed by atoms with van der Waals surface area (Å²) in [6.07, 6.45) is 1.74. The lowest BCUT2D eigenvalue weighted by Gasteiger charge is -2.15. The van der Waals surface area contributed by atoms with Gasteiger partial charge in [-0.2, -0.15) is 0 Å². The molecule has 130 valence electrons. The second-order valence-electron chi connectivity index (χ2n) is 5.38. The number of anilines is 1. The van der Waals surface area contributed by atoms with Crippen molar-refractivity contribution in [3.05, 3.63) is 71.1 Å². The van der Waals surface area contributed by atoms with Crippen LogP contribution in [-0.2, 0) is 7.05 Å². The molecule has 0 atom stereocenters. The summed E-state index contributed by atoms with van der Waals surface area (Å²) in [6, 6.07) is 16.3. The van der Waals surface area contributed by atoms with E-state index in [1.54, 1.807) is 32.5 Å². The van der Waals surface area contributed by atoms with Crippen LogP contribution >= 0.6 is 12.4 Å². The van der Waals surface area contributed by atoms with Crippen LogP contribution in [0.1, 0.15) is 0 Å². The second-order valence-corrected chi connectivity index (χ2v) is 5.38. The van der Waals surface area contributed by atoms with Gasteiger partial charge in [-0.25, -0.2) is 0 Å². The molecule has 2 N–H and O–H groups in total. The number of hydrogen-bond donors (Lipinski definition) is 1. The first-order valence-corrected chi connectivity index (χ1v) is 7.46. The Balaban J connectivity index is 0.00000225. The minimum Gasteiger partial charge on any atom is -0.496 e. The molecule has 0 aliphatic carbocycles. The normalized spacial score (nSPS) is 10.0. The summed E-state index contributed by atoms with van der Waals surface area (Å²) in [6.45, 7) is 0.